The van der Waals surface area contributed by atoms with Gasteiger partial charge in [0.25, 0.3) is 5.91 Å². The summed E-state index contributed by atoms with van der Waals surface area (Å²) in [5.41, 5.74) is 16.6. The fourth-order valence-corrected chi connectivity index (χ4v) is 2.50. The van der Waals surface area contributed by atoms with Crippen LogP contribution in [0, 0.1) is 11.6 Å². The standard InChI is InChI=1S/C13H8ClFN4O.C7H4FN3O2/c14-8-1-4-10(5-2-8)17-13(20)11-6-3-9(15)7-12(11)18-19-16;8-4-1-2-5(7(12)13)6(3-4)10-11-9/h1-7H,(H,17,20);1-3H,(H,12,13). The van der Waals surface area contributed by atoms with Gasteiger partial charge in [0.15, 0.2) is 0 Å². The zero-order valence-corrected chi connectivity index (χ0v) is 17.1. The fourth-order valence-electron chi connectivity index (χ4n) is 2.38. The summed E-state index contributed by atoms with van der Waals surface area (Å²) < 4.78 is 25.6. The van der Waals surface area contributed by atoms with E-state index in [2.05, 4.69) is 25.4 Å². The molecule has 3 aromatic rings. The van der Waals surface area contributed by atoms with Gasteiger partial charge in [-0.05, 0) is 71.7 Å². The van der Waals surface area contributed by atoms with E-state index in [9.17, 15) is 18.4 Å². The van der Waals surface area contributed by atoms with Crippen LogP contribution in [0.1, 0.15) is 20.7 Å². The number of benzene rings is 3. The second kappa shape index (κ2) is 11.7. The monoisotopic (exact) mass is 471 g/mol. The number of nitrogens with one attached hydrogen (secondary N) is 1. The molecule has 0 unspecified atom stereocenters. The molecule has 0 saturated heterocycles. The number of carbonyl (C=O) groups is 2. The Morgan fingerprint density at radius 2 is 1.33 bits per heavy atom. The topological polar surface area (TPSA) is 164 Å². The summed E-state index contributed by atoms with van der Waals surface area (Å²) >= 11 is 5.74. The number of anilines is 1. The summed E-state index contributed by atoms with van der Waals surface area (Å²) in [6, 6.07) is 12.7. The molecule has 0 bridgehead atoms. The van der Waals surface area contributed by atoms with E-state index in [0.29, 0.717) is 10.7 Å². The number of hydrogen-bond donors (Lipinski definition) is 2. The molecule has 0 radical (unpaired) electrons. The summed E-state index contributed by atoms with van der Waals surface area (Å²) in [6.07, 6.45) is 0. The number of carboxylic acid groups (broad SMARTS) is 1. The Morgan fingerprint density at radius 1 is 0.848 bits per heavy atom. The Hall–Kier alpha value is -4.63. The zero-order valence-electron chi connectivity index (χ0n) is 16.4. The van der Waals surface area contributed by atoms with E-state index in [1.165, 1.54) is 6.07 Å². The minimum atomic E-state index is -1.26. The molecule has 0 aliphatic carbocycles. The predicted octanol–water partition coefficient (Wildman–Crippen LogP) is 7.14. The van der Waals surface area contributed by atoms with E-state index in [1.54, 1.807) is 24.3 Å². The van der Waals surface area contributed by atoms with Crippen LogP contribution < -0.4 is 5.32 Å². The highest BCUT2D eigenvalue weighted by Crippen LogP contribution is 2.23. The lowest BCUT2D eigenvalue weighted by Gasteiger charge is -2.07. The first-order valence-corrected chi connectivity index (χ1v) is 9.12. The molecule has 0 atom stereocenters. The third-order valence-corrected chi connectivity index (χ3v) is 4.05. The van der Waals surface area contributed by atoms with Crippen molar-refractivity contribution in [2.24, 2.45) is 10.2 Å². The van der Waals surface area contributed by atoms with Crippen LogP contribution in [0.25, 0.3) is 20.9 Å². The van der Waals surface area contributed by atoms with Crippen LogP contribution in [0.2, 0.25) is 5.02 Å². The molecule has 33 heavy (non-hydrogen) atoms. The van der Waals surface area contributed by atoms with Gasteiger partial charge in [-0.15, -0.1) is 0 Å². The largest absolute Gasteiger partial charge is 0.478 e. The first-order chi connectivity index (χ1) is 15.7. The number of rotatable bonds is 5. The van der Waals surface area contributed by atoms with Gasteiger partial charge in [-0.3, -0.25) is 4.79 Å². The van der Waals surface area contributed by atoms with Gasteiger partial charge in [-0.25, -0.2) is 13.6 Å². The molecule has 0 aliphatic rings. The quantitative estimate of drug-likeness (QED) is 0.230. The summed E-state index contributed by atoms with van der Waals surface area (Å²) in [7, 11) is 0. The lowest BCUT2D eigenvalue weighted by molar-refractivity contribution is 0.0697. The maximum atomic E-state index is 13.1. The number of halogens is 3. The highest BCUT2D eigenvalue weighted by atomic mass is 35.5. The third-order valence-electron chi connectivity index (χ3n) is 3.80. The van der Waals surface area contributed by atoms with Gasteiger partial charge in [0.05, 0.1) is 16.9 Å². The van der Waals surface area contributed by atoms with E-state index in [1.807, 2.05) is 0 Å². The summed E-state index contributed by atoms with van der Waals surface area (Å²) in [5, 5.41) is 18.1. The van der Waals surface area contributed by atoms with Crippen molar-refractivity contribution in [1.82, 2.24) is 0 Å². The van der Waals surface area contributed by atoms with Crippen molar-refractivity contribution in [2.75, 3.05) is 5.32 Å². The third kappa shape index (κ3) is 7.23. The van der Waals surface area contributed by atoms with Gasteiger partial charge in [0.1, 0.15) is 11.6 Å². The molecule has 0 saturated carbocycles. The SMILES string of the molecule is [N-]=[N+]=Nc1cc(F)ccc1C(=O)Nc1ccc(Cl)cc1.[N-]=[N+]=Nc1cc(F)ccc1C(=O)O. The van der Waals surface area contributed by atoms with Crippen molar-refractivity contribution >= 4 is 40.5 Å². The summed E-state index contributed by atoms with van der Waals surface area (Å²) in [4.78, 5) is 27.5. The van der Waals surface area contributed by atoms with Gasteiger partial charge in [0.2, 0.25) is 0 Å². The Morgan fingerprint density at radius 3 is 1.82 bits per heavy atom. The lowest BCUT2D eigenvalue weighted by Crippen LogP contribution is -2.12. The molecule has 3 rings (SSSR count). The first-order valence-electron chi connectivity index (χ1n) is 8.74. The van der Waals surface area contributed by atoms with E-state index < -0.39 is 23.5 Å². The average molecular weight is 472 g/mol. The molecule has 3 aromatic carbocycles. The normalized spacial score (nSPS) is 9.42. The van der Waals surface area contributed by atoms with Crippen LogP contribution in [0.4, 0.5) is 25.8 Å². The van der Waals surface area contributed by atoms with Crippen LogP contribution in [0.5, 0.6) is 0 Å². The Labute approximate surface area is 189 Å². The molecule has 0 fully saturated rings. The van der Waals surface area contributed by atoms with Gasteiger partial charge < -0.3 is 10.4 Å². The van der Waals surface area contributed by atoms with E-state index in [4.69, 9.17) is 27.8 Å². The second-order valence-corrected chi connectivity index (χ2v) is 6.40. The van der Waals surface area contributed by atoms with Gasteiger partial charge in [-0.2, -0.15) is 0 Å². The Kier molecular flexibility index (Phi) is 8.72. The second-order valence-electron chi connectivity index (χ2n) is 5.97. The molecule has 10 nitrogen and oxygen atoms in total. The molecule has 166 valence electrons. The van der Waals surface area contributed by atoms with Crippen molar-refractivity contribution in [3.05, 3.63) is 109 Å². The van der Waals surface area contributed by atoms with E-state index >= 15 is 0 Å². The van der Waals surface area contributed by atoms with Gasteiger partial charge in [-0.1, -0.05) is 21.8 Å². The lowest BCUT2D eigenvalue weighted by atomic mass is 10.1. The molecule has 13 heteroatoms. The highest BCUT2D eigenvalue weighted by Gasteiger charge is 2.12. The summed E-state index contributed by atoms with van der Waals surface area (Å²) in [5.74, 6) is -3.00. The van der Waals surface area contributed by atoms with Crippen molar-refractivity contribution in [2.45, 2.75) is 0 Å². The van der Waals surface area contributed by atoms with Crippen molar-refractivity contribution in [3.63, 3.8) is 0 Å². The van der Waals surface area contributed by atoms with Gasteiger partial charge >= 0.3 is 5.97 Å². The minimum Gasteiger partial charge on any atom is -0.478 e. The maximum Gasteiger partial charge on any atom is 0.336 e. The molecule has 1 amide bonds. The average Bonchev–Trinajstić information content (AvgIpc) is 2.76. The first kappa shape index (κ1) is 24.6. The van der Waals surface area contributed by atoms with Crippen molar-refractivity contribution in [3.8, 4) is 0 Å². The number of aromatic carboxylic acids is 1. The van der Waals surface area contributed by atoms with Crippen molar-refractivity contribution < 1.29 is 23.5 Å². The Balaban J connectivity index is 0.000000257. The predicted molar refractivity (Wildman–Crippen MR) is 117 cm³/mol. The zero-order chi connectivity index (χ0) is 24.4. The molecule has 0 aromatic heterocycles. The number of nitrogens with zero attached hydrogens (tertiary/aromatic N) is 6. The number of amides is 1. The van der Waals surface area contributed by atoms with E-state index in [-0.39, 0.29) is 22.5 Å². The number of carbonyl (C=O) groups excluding carboxylic acids is 1. The molecular formula is C20H12ClF2N7O3. The van der Waals surface area contributed by atoms with Crippen molar-refractivity contribution in [1.29, 1.82) is 0 Å². The van der Waals surface area contributed by atoms with Crippen LogP contribution in [0.15, 0.2) is 70.9 Å². The molecule has 0 aliphatic heterocycles. The van der Waals surface area contributed by atoms with Crippen LogP contribution in [-0.2, 0) is 0 Å². The molecule has 2 N–H and O–H groups in total. The van der Waals surface area contributed by atoms with Gasteiger partial charge in [0, 0.05) is 26.1 Å². The number of hydrogen-bond acceptors (Lipinski definition) is 4. The van der Waals surface area contributed by atoms with Crippen LogP contribution in [-0.4, -0.2) is 17.0 Å². The smallest absolute Gasteiger partial charge is 0.336 e. The molecule has 0 spiro atoms. The summed E-state index contributed by atoms with van der Waals surface area (Å²) in [6.45, 7) is 0. The number of carboxylic acids is 1. The van der Waals surface area contributed by atoms with Crippen LogP contribution >= 0.6 is 11.6 Å². The highest BCUT2D eigenvalue weighted by molar-refractivity contribution is 6.30. The maximum absolute atomic E-state index is 13.1. The minimum absolute atomic E-state index is 0.0704. The fraction of sp³-hybridized carbons (Fsp3) is 0. The van der Waals surface area contributed by atoms with Crippen LogP contribution in [0.3, 0.4) is 0 Å². The molecule has 0 heterocycles. The Bertz CT molecular complexity index is 1290. The van der Waals surface area contributed by atoms with E-state index in [0.717, 1.165) is 30.3 Å². The molecular weight excluding hydrogens is 460 g/mol. The number of azide groups is 2.